The largest absolute Gasteiger partial charge is 0.493 e. The maximum Gasteiger partial charge on any atom is 0.254 e. The van der Waals surface area contributed by atoms with Gasteiger partial charge in [-0.2, -0.15) is 0 Å². The number of aromatic nitrogens is 2. The molecule has 2 aromatic heterocycles. The van der Waals surface area contributed by atoms with Gasteiger partial charge in [0.25, 0.3) is 5.91 Å². The van der Waals surface area contributed by atoms with Crippen LogP contribution in [0.4, 0.5) is 0 Å². The molecule has 0 bridgehead atoms. The number of nitrogens with zero attached hydrogens (tertiary/aromatic N) is 4. The zero-order valence-electron chi connectivity index (χ0n) is 31.0. The number of amides is 1. The van der Waals surface area contributed by atoms with Gasteiger partial charge in [-0.15, -0.1) is 0 Å². The van der Waals surface area contributed by atoms with Gasteiger partial charge in [-0.25, -0.2) is 4.98 Å². The quantitative estimate of drug-likeness (QED) is 0.100. The van der Waals surface area contributed by atoms with Crippen LogP contribution in [-0.4, -0.2) is 85.1 Å². The minimum atomic E-state index is -0.184. The van der Waals surface area contributed by atoms with Crippen LogP contribution in [0.5, 0.6) is 17.2 Å². The van der Waals surface area contributed by atoms with Crippen molar-refractivity contribution in [2.24, 2.45) is 5.92 Å². The summed E-state index contributed by atoms with van der Waals surface area (Å²) in [6.07, 6.45) is 13.0. The third kappa shape index (κ3) is 7.87. The molecule has 0 saturated carbocycles. The van der Waals surface area contributed by atoms with Crippen molar-refractivity contribution in [2.75, 3.05) is 54.1 Å². The summed E-state index contributed by atoms with van der Waals surface area (Å²) in [5, 5.41) is 0. The predicted octanol–water partition coefficient (Wildman–Crippen LogP) is 7.22. The molecule has 0 spiro atoms. The molecule has 0 aliphatic carbocycles. The van der Waals surface area contributed by atoms with Gasteiger partial charge in [0.05, 0.1) is 39.8 Å². The molecule has 2 aliphatic rings. The Hall–Kier alpha value is -5.09. The number of hydrogen-bond acceptors (Lipinski definition) is 8. The van der Waals surface area contributed by atoms with Gasteiger partial charge < -0.3 is 33.0 Å². The third-order valence-corrected chi connectivity index (χ3v) is 10.6. The van der Waals surface area contributed by atoms with Crippen molar-refractivity contribution in [3.8, 4) is 17.2 Å². The van der Waals surface area contributed by atoms with Crippen molar-refractivity contribution in [3.63, 3.8) is 0 Å². The molecule has 10 heteroatoms. The zero-order chi connectivity index (χ0) is 36.7. The molecule has 1 unspecified atom stereocenters. The number of aryl methyl sites for hydroxylation is 1. The number of imidazole rings is 1. The van der Waals surface area contributed by atoms with Gasteiger partial charge in [0, 0.05) is 30.0 Å². The SMILES string of the molecule is C/C=C\C=C/c1cnc(C(=O)C2CCN(CCC3(c4ccccc4)CCN(C(=O)c4cc(OC)c(OC)c(OC)c4)C3)CC2)n1Cc1ccc(C)o1. The zero-order valence-corrected chi connectivity index (χ0v) is 31.0. The monoisotopic (exact) mass is 706 g/mol. The lowest BCUT2D eigenvalue weighted by Crippen LogP contribution is -2.41. The summed E-state index contributed by atoms with van der Waals surface area (Å²) in [5.74, 6) is 3.43. The van der Waals surface area contributed by atoms with Crippen LogP contribution in [0.15, 0.2) is 83.4 Å². The van der Waals surface area contributed by atoms with Crippen LogP contribution in [0.2, 0.25) is 0 Å². The molecular formula is C42H50N4O6. The number of carbonyl (C=O) groups is 2. The van der Waals surface area contributed by atoms with E-state index < -0.39 is 0 Å². The van der Waals surface area contributed by atoms with Crippen LogP contribution in [-0.2, 0) is 12.0 Å². The van der Waals surface area contributed by atoms with Gasteiger partial charge in [0.2, 0.25) is 11.5 Å². The molecule has 2 fully saturated rings. The molecular weight excluding hydrogens is 656 g/mol. The summed E-state index contributed by atoms with van der Waals surface area (Å²) in [7, 11) is 4.66. The van der Waals surface area contributed by atoms with Crippen LogP contribution < -0.4 is 14.2 Å². The van der Waals surface area contributed by atoms with Gasteiger partial charge >= 0.3 is 0 Å². The summed E-state index contributed by atoms with van der Waals surface area (Å²) < 4.78 is 24.4. The highest BCUT2D eigenvalue weighted by Gasteiger charge is 2.42. The third-order valence-electron chi connectivity index (χ3n) is 10.6. The summed E-state index contributed by atoms with van der Waals surface area (Å²) >= 11 is 0. The maximum absolute atomic E-state index is 14.0. The van der Waals surface area contributed by atoms with Crippen molar-refractivity contribution in [3.05, 3.63) is 113 Å². The van der Waals surface area contributed by atoms with Crippen LogP contribution in [0.3, 0.4) is 0 Å². The fourth-order valence-electron chi connectivity index (χ4n) is 7.66. The normalized spacial score (nSPS) is 18.4. The van der Waals surface area contributed by atoms with Crippen LogP contribution >= 0.6 is 0 Å². The molecule has 6 rings (SSSR count). The number of Topliss-reactive ketones (excluding diaryl/α,β-unsaturated/α-hetero) is 1. The first-order valence-corrected chi connectivity index (χ1v) is 18.1. The van der Waals surface area contributed by atoms with Gasteiger partial charge in [-0.05, 0) is 95.1 Å². The Morgan fingerprint density at radius 3 is 2.33 bits per heavy atom. The number of ketones is 1. The minimum absolute atomic E-state index is 0.0580. The van der Waals surface area contributed by atoms with E-state index >= 15 is 0 Å². The standard InChI is InChI=1S/C42H50N4O6/c1-6-7-9-14-34-27-43-40(46(34)28-35-16-15-30(2)52-35)38(47)31-17-21-44(22-18-31)23-19-42(33-12-10-8-11-13-33)20-24-45(29-42)41(48)32-25-36(49-3)39(51-5)37(26-32)50-4/h6-16,25-27,31H,17-24,28-29H2,1-5H3/b7-6-,14-9-. The number of furan rings is 1. The molecule has 52 heavy (non-hydrogen) atoms. The second kappa shape index (κ2) is 16.5. The Morgan fingerprint density at radius 1 is 0.962 bits per heavy atom. The first-order valence-electron chi connectivity index (χ1n) is 18.1. The Kier molecular flexibility index (Phi) is 11.6. The number of hydrogen-bond donors (Lipinski definition) is 0. The first-order chi connectivity index (χ1) is 25.3. The summed E-state index contributed by atoms with van der Waals surface area (Å²) in [6.45, 7) is 8.16. The molecule has 4 aromatic rings. The number of methoxy groups -OCH3 is 3. The number of carbonyl (C=O) groups excluding carboxylic acids is 2. The molecule has 2 aromatic carbocycles. The lowest BCUT2D eigenvalue weighted by atomic mass is 9.76. The van der Waals surface area contributed by atoms with Crippen LogP contribution in [0.1, 0.15) is 76.4 Å². The number of ether oxygens (including phenoxy) is 3. The van der Waals surface area contributed by atoms with Crippen molar-refractivity contribution in [1.29, 1.82) is 0 Å². The van der Waals surface area contributed by atoms with Crippen LogP contribution in [0.25, 0.3) is 6.08 Å². The van der Waals surface area contributed by atoms with Gasteiger partial charge in [0.15, 0.2) is 17.3 Å². The van der Waals surface area contributed by atoms with E-state index in [9.17, 15) is 9.59 Å². The number of likely N-dealkylation sites (tertiary alicyclic amines) is 2. The Labute approximate surface area is 306 Å². The highest BCUT2D eigenvalue weighted by Crippen LogP contribution is 2.41. The number of piperidine rings is 1. The second-order valence-corrected chi connectivity index (χ2v) is 13.8. The van der Waals surface area contributed by atoms with Gasteiger partial charge in [0.1, 0.15) is 11.5 Å². The summed E-state index contributed by atoms with van der Waals surface area (Å²) in [6, 6.07) is 17.9. The molecule has 1 amide bonds. The van der Waals surface area contributed by atoms with Crippen molar-refractivity contribution in [1.82, 2.24) is 19.4 Å². The predicted molar refractivity (Wildman–Crippen MR) is 201 cm³/mol. The molecule has 0 radical (unpaired) electrons. The number of allylic oxidation sites excluding steroid dienone is 3. The summed E-state index contributed by atoms with van der Waals surface area (Å²) in [4.78, 5) is 37.0. The smallest absolute Gasteiger partial charge is 0.254 e. The number of rotatable bonds is 14. The van der Waals surface area contributed by atoms with E-state index in [0.717, 1.165) is 62.5 Å². The molecule has 2 saturated heterocycles. The number of benzene rings is 2. The van der Waals surface area contributed by atoms with Crippen molar-refractivity contribution >= 4 is 17.8 Å². The van der Waals surface area contributed by atoms with E-state index in [4.69, 9.17) is 18.6 Å². The van der Waals surface area contributed by atoms with E-state index in [-0.39, 0.29) is 23.0 Å². The van der Waals surface area contributed by atoms with E-state index in [1.807, 2.05) is 65.8 Å². The Morgan fingerprint density at radius 2 is 1.69 bits per heavy atom. The average molecular weight is 707 g/mol. The second-order valence-electron chi connectivity index (χ2n) is 13.8. The fraction of sp³-hybridized carbons (Fsp3) is 0.405. The highest BCUT2D eigenvalue weighted by atomic mass is 16.5. The highest BCUT2D eigenvalue weighted by molar-refractivity contribution is 5.96. The molecule has 274 valence electrons. The van der Waals surface area contributed by atoms with Crippen molar-refractivity contribution in [2.45, 2.75) is 51.5 Å². The van der Waals surface area contributed by atoms with E-state index in [2.05, 4.69) is 34.1 Å². The van der Waals surface area contributed by atoms with Crippen LogP contribution in [0, 0.1) is 12.8 Å². The lowest BCUT2D eigenvalue weighted by Gasteiger charge is -2.36. The van der Waals surface area contributed by atoms with E-state index in [0.29, 0.717) is 48.3 Å². The molecule has 0 N–H and O–H groups in total. The first kappa shape index (κ1) is 36.7. The Balaban J connectivity index is 1.13. The average Bonchev–Trinajstić information content (AvgIpc) is 3.92. The molecule has 4 heterocycles. The minimum Gasteiger partial charge on any atom is -0.493 e. The molecule has 10 nitrogen and oxygen atoms in total. The topological polar surface area (TPSA) is 99.3 Å². The van der Waals surface area contributed by atoms with Gasteiger partial charge in [-0.1, -0.05) is 48.6 Å². The van der Waals surface area contributed by atoms with E-state index in [1.54, 1.807) is 39.7 Å². The molecule has 2 aliphatic heterocycles. The fourth-order valence-corrected chi connectivity index (χ4v) is 7.66. The van der Waals surface area contributed by atoms with Gasteiger partial charge in [-0.3, -0.25) is 9.59 Å². The lowest BCUT2D eigenvalue weighted by molar-refractivity contribution is 0.0777. The Bertz CT molecular complexity index is 1880. The summed E-state index contributed by atoms with van der Waals surface area (Å²) in [5.41, 5.74) is 2.44. The van der Waals surface area contributed by atoms with E-state index in [1.165, 1.54) is 5.56 Å². The molecule has 1 atom stereocenters. The van der Waals surface area contributed by atoms with Crippen molar-refractivity contribution < 1.29 is 28.2 Å². The maximum atomic E-state index is 14.0.